The zero-order chi connectivity index (χ0) is 22.4. The lowest BCUT2D eigenvalue weighted by molar-refractivity contribution is -0.119. The van der Waals surface area contributed by atoms with Gasteiger partial charge in [0.2, 0.25) is 0 Å². The fourth-order valence-electron chi connectivity index (χ4n) is 2.71. The number of amides is 1. The van der Waals surface area contributed by atoms with Crippen LogP contribution >= 0.6 is 23.2 Å². The summed E-state index contributed by atoms with van der Waals surface area (Å²) in [6, 6.07) is 21.1. The Morgan fingerprint density at radius 1 is 0.903 bits per heavy atom. The fraction of sp³-hybridized carbons (Fsp3) is 0.0909. The largest absolute Gasteiger partial charge is 0.271 e. The Kier molecular flexibility index (Phi) is 7.33. The fourth-order valence-corrected chi connectivity index (χ4v) is 4.40. The number of benzene rings is 3. The van der Waals surface area contributed by atoms with Gasteiger partial charge in [-0.05, 0) is 61.0 Å². The summed E-state index contributed by atoms with van der Waals surface area (Å²) < 4.78 is 27.4. The van der Waals surface area contributed by atoms with Crippen LogP contribution in [-0.4, -0.2) is 26.6 Å². The van der Waals surface area contributed by atoms with Crippen LogP contribution in [0, 0.1) is 0 Å². The molecule has 0 aliphatic heterocycles. The van der Waals surface area contributed by atoms with Gasteiger partial charge in [-0.15, -0.1) is 0 Å². The van der Waals surface area contributed by atoms with Crippen LogP contribution < -0.4 is 9.73 Å². The maximum absolute atomic E-state index is 13.2. The van der Waals surface area contributed by atoms with Crippen molar-refractivity contribution in [3.05, 3.63) is 94.5 Å². The highest BCUT2D eigenvalue weighted by atomic mass is 35.5. The molecule has 0 aromatic heterocycles. The zero-order valence-corrected chi connectivity index (χ0v) is 18.8. The molecule has 3 aromatic rings. The average molecular weight is 476 g/mol. The minimum absolute atomic E-state index is 0.0681. The number of hydrogen-bond acceptors (Lipinski definition) is 4. The van der Waals surface area contributed by atoms with E-state index in [2.05, 4.69) is 10.5 Å². The summed E-state index contributed by atoms with van der Waals surface area (Å²) >= 11 is 11.8. The first kappa shape index (κ1) is 22.8. The number of halogens is 2. The summed E-state index contributed by atoms with van der Waals surface area (Å²) in [6.45, 7) is 1.26. The minimum atomic E-state index is -3.99. The Hall–Kier alpha value is -2.87. The second kappa shape index (κ2) is 9.96. The topological polar surface area (TPSA) is 78.8 Å². The number of hydrogen-bond donors (Lipinski definition) is 1. The van der Waals surface area contributed by atoms with Gasteiger partial charge in [0, 0.05) is 10.0 Å². The van der Waals surface area contributed by atoms with Gasteiger partial charge in [0.05, 0.1) is 16.3 Å². The van der Waals surface area contributed by atoms with E-state index in [1.807, 2.05) is 0 Å². The van der Waals surface area contributed by atoms with E-state index >= 15 is 0 Å². The molecule has 31 heavy (non-hydrogen) atoms. The molecular formula is C22H19Cl2N3O3S. The Labute approximate surface area is 191 Å². The van der Waals surface area contributed by atoms with Crippen LogP contribution in [0.2, 0.25) is 10.0 Å². The lowest BCUT2D eigenvalue weighted by Gasteiger charge is -2.23. The molecule has 0 heterocycles. The first-order valence-corrected chi connectivity index (χ1v) is 11.4. The predicted octanol–water partition coefficient (Wildman–Crippen LogP) is 4.73. The summed E-state index contributed by atoms with van der Waals surface area (Å²) in [7, 11) is -3.99. The first-order valence-electron chi connectivity index (χ1n) is 9.20. The molecule has 0 radical (unpaired) electrons. The van der Waals surface area contributed by atoms with Crippen LogP contribution in [0.4, 0.5) is 5.69 Å². The molecule has 3 rings (SSSR count). The molecule has 0 spiro atoms. The van der Waals surface area contributed by atoms with Crippen LogP contribution in [-0.2, 0) is 14.8 Å². The zero-order valence-electron chi connectivity index (χ0n) is 16.5. The van der Waals surface area contributed by atoms with Gasteiger partial charge >= 0.3 is 0 Å². The molecule has 1 amide bonds. The van der Waals surface area contributed by atoms with E-state index in [0.717, 1.165) is 9.87 Å². The van der Waals surface area contributed by atoms with E-state index in [-0.39, 0.29) is 4.90 Å². The normalized spacial score (nSPS) is 11.8. The van der Waals surface area contributed by atoms with Crippen LogP contribution in [0.15, 0.2) is 88.9 Å². The molecule has 0 saturated carbocycles. The molecule has 0 atom stereocenters. The molecule has 0 saturated heterocycles. The van der Waals surface area contributed by atoms with Crippen molar-refractivity contribution in [2.24, 2.45) is 5.10 Å². The third-order valence-corrected chi connectivity index (χ3v) is 6.64. The second-order valence-corrected chi connectivity index (χ2v) is 9.28. The van der Waals surface area contributed by atoms with Crippen LogP contribution in [0.3, 0.4) is 0 Å². The number of nitrogens with one attached hydrogen (secondary N) is 1. The molecule has 0 aliphatic carbocycles. The Bertz CT molecular complexity index is 1180. The maximum atomic E-state index is 13.2. The molecule has 160 valence electrons. The molecule has 9 heteroatoms. The van der Waals surface area contributed by atoms with Crippen molar-refractivity contribution in [1.29, 1.82) is 0 Å². The Morgan fingerprint density at radius 2 is 1.45 bits per heavy atom. The van der Waals surface area contributed by atoms with Crippen LogP contribution in [0.1, 0.15) is 12.5 Å². The van der Waals surface area contributed by atoms with Crippen molar-refractivity contribution in [1.82, 2.24) is 5.43 Å². The summed E-state index contributed by atoms with van der Waals surface area (Å²) in [5.74, 6) is -0.595. The number of carbonyl (C=O) groups is 1. The van der Waals surface area contributed by atoms with Crippen molar-refractivity contribution >= 4 is 50.5 Å². The lowest BCUT2D eigenvalue weighted by Crippen LogP contribution is -2.39. The van der Waals surface area contributed by atoms with E-state index in [1.165, 1.54) is 12.1 Å². The predicted molar refractivity (Wildman–Crippen MR) is 124 cm³/mol. The summed E-state index contributed by atoms with van der Waals surface area (Å²) in [4.78, 5) is 12.7. The van der Waals surface area contributed by atoms with Crippen LogP contribution in [0.25, 0.3) is 0 Å². The smallest absolute Gasteiger partial charge is 0.264 e. The number of anilines is 1. The van der Waals surface area contributed by atoms with Gasteiger partial charge < -0.3 is 0 Å². The van der Waals surface area contributed by atoms with Gasteiger partial charge in [-0.2, -0.15) is 5.10 Å². The number of carbonyl (C=O) groups excluding carboxylic acids is 1. The second-order valence-electron chi connectivity index (χ2n) is 6.54. The Morgan fingerprint density at radius 3 is 2.03 bits per heavy atom. The van der Waals surface area contributed by atoms with Gasteiger partial charge in [-0.1, -0.05) is 53.5 Å². The molecule has 3 aromatic carbocycles. The van der Waals surface area contributed by atoms with Crippen molar-refractivity contribution < 1.29 is 13.2 Å². The molecule has 6 nitrogen and oxygen atoms in total. The third-order valence-electron chi connectivity index (χ3n) is 4.34. The minimum Gasteiger partial charge on any atom is -0.271 e. The van der Waals surface area contributed by atoms with Gasteiger partial charge in [0.15, 0.2) is 0 Å². The lowest BCUT2D eigenvalue weighted by atomic mass is 10.1. The number of sulfonamides is 1. The van der Waals surface area contributed by atoms with E-state index < -0.39 is 22.5 Å². The third kappa shape index (κ3) is 5.85. The maximum Gasteiger partial charge on any atom is 0.264 e. The quantitative estimate of drug-likeness (QED) is 0.396. The van der Waals surface area contributed by atoms with E-state index in [1.54, 1.807) is 73.7 Å². The standard InChI is InChI=1S/C22H19Cl2N3O3S/c1-16(17-7-9-18(23)10-8-17)25-26-22(28)15-27(20-13-11-19(24)12-14-20)31(29,30)21-5-3-2-4-6-21/h2-14H,15H2,1H3,(H,26,28). The number of hydrazone groups is 1. The highest BCUT2D eigenvalue weighted by Crippen LogP contribution is 2.25. The van der Waals surface area contributed by atoms with Crippen molar-refractivity contribution in [3.8, 4) is 0 Å². The summed E-state index contributed by atoms with van der Waals surface area (Å²) in [5, 5.41) is 5.11. The van der Waals surface area contributed by atoms with Crippen molar-refractivity contribution in [3.63, 3.8) is 0 Å². The van der Waals surface area contributed by atoms with E-state index in [9.17, 15) is 13.2 Å². The van der Waals surface area contributed by atoms with Gasteiger partial charge in [-0.3, -0.25) is 9.10 Å². The van der Waals surface area contributed by atoms with Gasteiger partial charge in [0.25, 0.3) is 15.9 Å². The van der Waals surface area contributed by atoms with Gasteiger partial charge in [0.1, 0.15) is 6.54 Å². The molecular weight excluding hydrogens is 457 g/mol. The summed E-state index contributed by atoms with van der Waals surface area (Å²) in [6.07, 6.45) is 0. The van der Waals surface area contributed by atoms with E-state index in [4.69, 9.17) is 23.2 Å². The number of nitrogens with zero attached hydrogens (tertiary/aromatic N) is 2. The molecule has 1 N–H and O–H groups in total. The van der Waals surface area contributed by atoms with Crippen molar-refractivity contribution in [2.75, 3.05) is 10.8 Å². The molecule has 0 bridgehead atoms. The van der Waals surface area contributed by atoms with Crippen LogP contribution in [0.5, 0.6) is 0 Å². The SMILES string of the molecule is CC(=NNC(=O)CN(c1ccc(Cl)cc1)S(=O)(=O)c1ccccc1)c1ccc(Cl)cc1. The van der Waals surface area contributed by atoms with Gasteiger partial charge in [-0.25, -0.2) is 13.8 Å². The van der Waals surface area contributed by atoms with E-state index in [0.29, 0.717) is 21.4 Å². The Balaban J connectivity index is 1.84. The molecule has 0 aliphatic rings. The molecule has 0 unspecified atom stereocenters. The average Bonchev–Trinajstić information content (AvgIpc) is 2.77. The monoisotopic (exact) mass is 475 g/mol. The molecule has 0 fully saturated rings. The first-order chi connectivity index (χ1) is 14.8. The highest BCUT2D eigenvalue weighted by molar-refractivity contribution is 7.92. The summed E-state index contributed by atoms with van der Waals surface area (Å²) in [5.41, 5.74) is 4.05. The van der Waals surface area contributed by atoms with Crippen molar-refractivity contribution in [2.45, 2.75) is 11.8 Å². The number of rotatable bonds is 7. The highest BCUT2D eigenvalue weighted by Gasteiger charge is 2.27.